The maximum Gasteiger partial charge on any atom is 0.271 e. The average Bonchev–Trinajstić information content (AvgIpc) is 3.56. The summed E-state index contributed by atoms with van der Waals surface area (Å²) in [4.78, 5) is 20.7. The van der Waals surface area contributed by atoms with E-state index in [1.54, 1.807) is 7.11 Å². The summed E-state index contributed by atoms with van der Waals surface area (Å²) < 4.78 is 13.9. The molecule has 40 heavy (non-hydrogen) atoms. The fourth-order valence-electron chi connectivity index (χ4n) is 5.32. The van der Waals surface area contributed by atoms with Gasteiger partial charge in [0.1, 0.15) is 11.5 Å². The highest BCUT2D eigenvalue weighted by molar-refractivity contribution is 7.99. The van der Waals surface area contributed by atoms with Crippen molar-refractivity contribution in [2.75, 3.05) is 7.11 Å². The number of aryl methyl sites for hydroxylation is 1. The van der Waals surface area contributed by atoms with E-state index in [9.17, 15) is 4.79 Å². The minimum Gasteiger partial charge on any atom is -0.497 e. The van der Waals surface area contributed by atoms with Crippen LogP contribution in [0.2, 0.25) is 5.02 Å². The van der Waals surface area contributed by atoms with Crippen molar-refractivity contribution in [2.24, 2.45) is 4.99 Å². The lowest BCUT2D eigenvalue weighted by atomic mass is 9.83. The molecule has 1 aliphatic carbocycles. The first kappa shape index (κ1) is 25.2. The van der Waals surface area contributed by atoms with Gasteiger partial charge in [0.25, 0.3) is 5.56 Å². The molecule has 2 aliphatic rings. The Morgan fingerprint density at radius 3 is 2.62 bits per heavy atom. The normalized spacial score (nSPS) is 16.2. The number of hydrogen-bond acceptors (Lipinski definition) is 6. The Kier molecular flexibility index (Phi) is 6.50. The van der Waals surface area contributed by atoms with Crippen molar-refractivity contribution in [1.82, 2.24) is 4.57 Å². The van der Waals surface area contributed by atoms with Crippen molar-refractivity contribution in [2.45, 2.75) is 28.9 Å². The van der Waals surface area contributed by atoms with E-state index in [4.69, 9.17) is 25.7 Å². The number of nitrogens with zero attached hydrogens (tertiary/aromatic N) is 2. The fourth-order valence-corrected chi connectivity index (χ4v) is 7.21. The molecule has 0 radical (unpaired) electrons. The predicted octanol–water partition coefficient (Wildman–Crippen LogP) is 6.72. The maximum absolute atomic E-state index is 14.0. The van der Waals surface area contributed by atoms with E-state index in [2.05, 4.69) is 24.3 Å². The van der Waals surface area contributed by atoms with Crippen LogP contribution in [0.25, 0.3) is 11.8 Å². The summed E-state index contributed by atoms with van der Waals surface area (Å²) in [5.74, 6) is 1.40. The van der Waals surface area contributed by atoms with Crippen molar-refractivity contribution in [3.05, 3.63) is 138 Å². The number of benzene rings is 3. The van der Waals surface area contributed by atoms with E-state index in [0.29, 0.717) is 20.1 Å². The number of hydrogen-bond donors (Lipinski definition) is 0. The van der Waals surface area contributed by atoms with Crippen LogP contribution >= 0.6 is 34.7 Å². The molecule has 5 nitrogen and oxygen atoms in total. The summed E-state index contributed by atoms with van der Waals surface area (Å²) in [6, 6.07) is 27.6. The molecule has 0 saturated carbocycles. The lowest BCUT2D eigenvalue weighted by Crippen LogP contribution is -2.38. The number of methoxy groups -OCH3 is 1. The van der Waals surface area contributed by atoms with Crippen molar-refractivity contribution < 1.29 is 9.15 Å². The highest BCUT2D eigenvalue weighted by atomic mass is 35.5. The Bertz CT molecular complexity index is 1950. The van der Waals surface area contributed by atoms with Gasteiger partial charge in [0.15, 0.2) is 9.89 Å². The maximum atomic E-state index is 14.0. The largest absolute Gasteiger partial charge is 0.497 e. The number of furan rings is 1. The van der Waals surface area contributed by atoms with E-state index in [1.165, 1.54) is 34.2 Å². The molecule has 5 aromatic rings. The summed E-state index contributed by atoms with van der Waals surface area (Å²) in [6.45, 7) is 0. The molecule has 0 bridgehead atoms. The van der Waals surface area contributed by atoms with Crippen LogP contribution in [0.3, 0.4) is 0 Å². The first-order valence-corrected chi connectivity index (χ1v) is 14.9. The molecule has 198 valence electrons. The van der Waals surface area contributed by atoms with Gasteiger partial charge in [0, 0.05) is 21.6 Å². The smallest absolute Gasteiger partial charge is 0.271 e. The van der Waals surface area contributed by atoms with Gasteiger partial charge in [-0.15, -0.1) is 0 Å². The quantitative estimate of drug-likeness (QED) is 0.231. The van der Waals surface area contributed by atoms with Crippen LogP contribution in [0.5, 0.6) is 5.75 Å². The van der Waals surface area contributed by atoms with Gasteiger partial charge in [-0.2, -0.15) is 0 Å². The predicted molar refractivity (Wildman–Crippen MR) is 160 cm³/mol. The number of halogens is 1. The second-order valence-electron chi connectivity index (χ2n) is 9.60. The Morgan fingerprint density at radius 1 is 1.02 bits per heavy atom. The number of aromatic nitrogens is 1. The van der Waals surface area contributed by atoms with E-state index in [1.807, 2.05) is 71.3 Å². The molecule has 3 heterocycles. The second kappa shape index (κ2) is 10.3. The number of allylic oxidation sites excluding steroid dienone is 1. The highest BCUT2D eigenvalue weighted by Crippen LogP contribution is 2.41. The van der Waals surface area contributed by atoms with E-state index >= 15 is 0 Å². The third-order valence-corrected chi connectivity index (χ3v) is 9.38. The van der Waals surface area contributed by atoms with Gasteiger partial charge in [-0.05, 0) is 78.1 Å². The zero-order valence-electron chi connectivity index (χ0n) is 21.5. The molecule has 0 N–H and O–H groups in total. The third-order valence-electron chi connectivity index (χ3n) is 7.21. The number of fused-ring (bicyclic) bond motifs is 3. The van der Waals surface area contributed by atoms with Crippen LogP contribution in [-0.4, -0.2) is 11.7 Å². The SMILES string of the molecule is COc1ccc([C@@H]2C3=C(N=c4s/c(=C\c5ccc(Sc6ccc(Cl)cc6)o5)c(=O)n42)c2ccccc2CC3)cc1. The van der Waals surface area contributed by atoms with Crippen molar-refractivity contribution >= 4 is 46.5 Å². The molecule has 7 rings (SSSR count). The lowest BCUT2D eigenvalue weighted by Gasteiger charge is -2.30. The summed E-state index contributed by atoms with van der Waals surface area (Å²) in [6.07, 6.45) is 3.58. The summed E-state index contributed by atoms with van der Waals surface area (Å²) in [5, 5.41) is 1.43. The highest BCUT2D eigenvalue weighted by Gasteiger charge is 2.32. The monoisotopic (exact) mass is 582 g/mol. The standard InChI is InChI=1S/C32H23ClN2O3S2/c1-37-22-11-6-20(7-12-22)30-26-16-8-19-4-2-3-5-25(19)29(26)34-32-35(30)31(36)27(40-32)18-23-13-17-28(38-23)39-24-14-9-21(33)10-15-24/h2-7,9-15,17-18,30H,8,16H2,1H3/b27-18-/t30-/m1/s1. The van der Waals surface area contributed by atoms with Gasteiger partial charge in [0.05, 0.1) is 23.4 Å². The van der Waals surface area contributed by atoms with Gasteiger partial charge < -0.3 is 9.15 Å². The molecule has 0 saturated heterocycles. The zero-order chi connectivity index (χ0) is 27.2. The molecule has 0 spiro atoms. The molecule has 0 unspecified atom stereocenters. The molecular weight excluding hydrogens is 560 g/mol. The number of ether oxygens (including phenoxy) is 1. The minimum atomic E-state index is -0.236. The van der Waals surface area contributed by atoms with Crippen LogP contribution in [-0.2, 0) is 6.42 Å². The molecule has 1 aliphatic heterocycles. The molecular formula is C32H23ClN2O3S2. The van der Waals surface area contributed by atoms with Crippen molar-refractivity contribution in [3.63, 3.8) is 0 Å². The Balaban J connectivity index is 1.34. The van der Waals surface area contributed by atoms with Gasteiger partial charge >= 0.3 is 0 Å². The van der Waals surface area contributed by atoms with Crippen LogP contribution in [0.4, 0.5) is 0 Å². The van der Waals surface area contributed by atoms with Crippen LogP contribution in [0, 0.1) is 0 Å². The summed E-state index contributed by atoms with van der Waals surface area (Å²) >= 11 is 8.91. The first-order valence-electron chi connectivity index (χ1n) is 12.9. The summed E-state index contributed by atoms with van der Waals surface area (Å²) in [7, 11) is 1.66. The van der Waals surface area contributed by atoms with Crippen LogP contribution < -0.4 is 19.6 Å². The van der Waals surface area contributed by atoms with Crippen molar-refractivity contribution in [1.29, 1.82) is 0 Å². The van der Waals surface area contributed by atoms with Crippen LogP contribution in [0.15, 0.2) is 115 Å². The zero-order valence-corrected chi connectivity index (χ0v) is 23.9. The van der Waals surface area contributed by atoms with Crippen molar-refractivity contribution in [3.8, 4) is 5.75 Å². The molecule has 0 amide bonds. The van der Waals surface area contributed by atoms with Gasteiger partial charge in [0.2, 0.25) is 0 Å². The average molecular weight is 583 g/mol. The lowest BCUT2D eigenvalue weighted by molar-refractivity contribution is 0.414. The molecule has 0 fully saturated rings. The third kappa shape index (κ3) is 4.54. The number of rotatable bonds is 5. The second-order valence-corrected chi connectivity index (χ2v) is 12.1. The van der Waals surface area contributed by atoms with Crippen LogP contribution in [0.1, 0.15) is 34.9 Å². The van der Waals surface area contributed by atoms with E-state index in [0.717, 1.165) is 45.4 Å². The molecule has 3 aromatic carbocycles. The molecule has 2 aromatic heterocycles. The summed E-state index contributed by atoms with van der Waals surface area (Å²) in [5.41, 5.74) is 5.56. The van der Waals surface area contributed by atoms with E-state index in [-0.39, 0.29) is 11.6 Å². The van der Waals surface area contributed by atoms with Gasteiger partial charge in [-0.1, -0.05) is 71.1 Å². The minimum absolute atomic E-state index is 0.0710. The molecule has 8 heteroatoms. The first-order chi connectivity index (χ1) is 19.6. The Hall–Kier alpha value is -3.78. The fraction of sp³-hybridized carbons (Fsp3) is 0.125. The Labute approximate surface area is 243 Å². The van der Waals surface area contributed by atoms with Gasteiger partial charge in [-0.3, -0.25) is 9.36 Å². The topological polar surface area (TPSA) is 56.7 Å². The van der Waals surface area contributed by atoms with E-state index < -0.39 is 0 Å². The number of thiazole rings is 1. The van der Waals surface area contributed by atoms with Gasteiger partial charge in [-0.25, -0.2) is 4.99 Å². The molecule has 1 atom stereocenters. The Morgan fingerprint density at radius 2 is 1.82 bits per heavy atom.